The van der Waals surface area contributed by atoms with Crippen LogP contribution in [0.2, 0.25) is 0 Å². The second-order valence-electron chi connectivity index (χ2n) is 8.56. The second kappa shape index (κ2) is 10.6. The molecule has 2 fully saturated rings. The minimum atomic E-state index is -3.65. The largest absolute Gasteiger partial charge is 0.459 e. The van der Waals surface area contributed by atoms with Crippen molar-refractivity contribution in [1.82, 2.24) is 4.90 Å². The maximum absolute atomic E-state index is 15.0. The van der Waals surface area contributed by atoms with Crippen LogP contribution in [0.3, 0.4) is 0 Å². The van der Waals surface area contributed by atoms with Crippen molar-refractivity contribution >= 4 is 27.9 Å². The Bertz CT molecular complexity index is 1170. The van der Waals surface area contributed by atoms with Crippen molar-refractivity contribution in [3.8, 4) is 0 Å². The Hall–Kier alpha value is -3.18. The molecule has 1 amide bonds. The smallest absolute Gasteiger partial charge is 0.410 e. The third-order valence-corrected chi connectivity index (χ3v) is 6.56. The van der Waals surface area contributed by atoms with E-state index in [0.717, 1.165) is 11.8 Å². The summed E-state index contributed by atoms with van der Waals surface area (Å²) in [6.07, 6.45) is 0.0119. The summed E-state index contributed by atoms with van der Waals surface area (Å²) in [4.78, 5) is 28.0. The topological polar surface area (TPSA) is 102 Å². The summed E-state index contributed by atoms with van der Waals surface area (Å²) in [5, 5.41) is 0. The van der Waals surface area contributed by atoms with Gasteiger partial charge in [0, 0.05) is 32.6 Å². The Morgan fingerprint density at radius 2 is 1.83 bits per heavy atom. The molecule has 0 aromatic heterocycles. The normalized spacial score (nSPS) is 20.6. The van der Waals surface area contributed by atoms with Crippen LogP contribution in [0.5, 0.6) is 0 Å². The first-order chi connectivity index (χ1) is 16.7. The first kappa shape index (κ1) is 24.9. The van der Waals surface area contributed by atoms with Gasteiger partial charge in [0.2, 0.25) is 0 Å². The fourth-order valence-electron chi connectivity index (χ4n) is 4.16. The van der Waals surface area contributed by atoms with Gasteiger partial charge in [0.15, 0.2) is 0 Å². The van der Waals surface area contributed by atoms with Gasteiger partial charge in [-0.15, -0.1) is 0 Å². The molecule has 0 spiro atoms. The Labute approximate surface area is 203 Å². The Morgan fingerprint density at radius 3 is 2.49 bits per heavy atom. The molecule has 2 aliphatic heterocycles. The fraction of sp³-hybridized carbons (Fsp3) is 0.417. The van der Waals surface area contributed by atoms with E-state index in [9.17, 15) is 22.4 Å². The number of piperazine rings is 1. The number of carbonyl (C=O) groups is 2. The molecule has 2 aliphatic rings. The highest BCUT2D eigenvalue weighted by Gasteiger charge is 2.37. The van der Waals surface area contributed by atoms with Gasteiger partial charge >= 0.3 is 12.1 Å². The van der Waals surface area contributed by atoms with E-state index in [0.29, 0.717) is 37.4 Å². The minimum Gasteiger partial charge on any atom is -0.459 e. The van der Waals surface area contributed by atoms with E-state index >= 15 is 0 Å². The van der Waals surface area contributed by atoms with Gasteiger partial charge in [0.05, 0.1) is 17.9 Å². The predicted molar refractivity (Wildman–Crippen MR) is 125 cm³/mol. The van der Waals surface area contributed by atoms with Crippen LogP contribution >= 0.6 is 0 Å². The Kier molecular flexibility index (Phi) is 7.56. The molecule has 4 rings (SSSR count). The minimum absolute atomic E-state index is 0.195. The van der Waals surface area contributed by atoms with Crippen molar-refractivity contribution in [3.63, 3.8) is 0 Å². The average Bonchev–Trinajstić information content (AvgIpc) is 3.22. The first-order valence-electron chi connectivity index (χ1n) is 11.2. The molecule has 2 aromatic carbocycles. The monoisotopic (exact) mass is 506 g/mol. The number of carbonyl (C=O) groups excluding carboxylic acids is 2. The molecule has 188 valence electrons. The van der Waals surface area contributed by atoms with E-state index in [1.165, 1.54) is 6.07 Å². The number of esters is 1. The molecule has 9 nitrogen and oxygen atoms in total. The quantitative estimate of drug-likeness (QED) is 0.417. The lowest BCUT2D eigenvalue weighted by Crippen LogP contribution is -2.49. The number of ether oxygens (including phenoxy) is 2. The molecule has 2 saturated heterocycles. The second-order valence-corrected chi connectivity index (χ2v) is 10.2. The fourth-order valence-corrected chi connectivity index (χ4v) is 4.56. The zero-order chi connectivity index (χ0) is 25.0. The lowest BCUT2D eigenvalue weighted by Gasteiger charge is -2.35. The van der Waals surface area contributed by atoms with E-state index in [-0.39, 0.29) is 19.6 Å². The maximum atomic E-state index is 15.0. The summed E-state index contributed by atoms with van der Waals surface area (Å²) < 4.78 is 52.6. The Morgan fingerprint density at radius 1 is 1.11 bits per heavy atom. The molecule has 11 heteroatoms. The van der Waals surface area contributed by atoms with Crippen LogP contribution in [0.1, 0.15) is 23.5 Å². The molecule has 0 saturated carbocycles. The van der Waals surface area contributed by atoms with Gasteiger partial charge in [0.25, 0.3) is 10.1 Å². The highest BCUT2D eigenvalue weighted by Crippen LogP contribution is 2.33. The number of benzene rings is 2. The third kappa shape index (κ3) is 6.49. The molecular weight excluding hydrogens is 479 g/mol. The molecule has 2 heterocycles. The number of hydrogen-bond donors (Lipinski definition) is 0. The molecule has 2 aromatic rings. The van der Waals surface area contributed by atoms with Crippen molar-refractivity contribution in [3.05, 3.63) is 65.5 Å². The van der Waals surface area contributed by atoms with Crippen molar-refractivity contribution in [2.24, 2.45) is 0 Å². The van der Waals surface area contributed by atoms with Crippen LogP contribution in [0, 0.1) is 5.82 Å². The van der Waals surface area contributed by atoms with E-state index < -0.39 is 40.0 Å². The van der Waals surface area contributed by atoms with Crippen molar-refractivity contribution in [2.45, 2.75) is 25.0 Å². The highest BCUT2D eigenvalue weighted by molar-refractivity contribution is 7.85. The van der Waals surface area contributed by atoms with E-state index in [2.05, 4.69) is 0 Å². The third-order valence-electron chi connectivity index (χ3n) is 5.99. The summed E-state index contributed by atoms with van der Waals surface area (Å²) in [5.41, 5.74) is 1.75. The number of amides is 1. The Balaban J connectivity index is 1.30. The van der Waals surface area contributed by atoms with Crippen LogP contribution in [0.25, 0.3) is 0 Å². The molecule has 2 atom stereocenters. The van der Waals surface area contributed by atoms with Crippen molar-refractivity contribution < 1.29 is 36.1 Å². The SMILES string of the molecule is CS(=O)(=O)OCC1CC(c2ccc(N3CCN(C(=O)OCc4ccccc4)CC3)c(F)c2)C(=O)O1. The summed E-state index contributed by atoms with van der Waals surface area (Å²) in [6.45, 7) is 1.60. The van der Waals surface area contributed by atoms with E-state index in [1.54, 1.807) is 17.0 Å². The average molecular weight is 507 g/mol. The number of cyclic esters (lactones) is 1. The maximum Gasteiger partial charge on any atom is 0.410 e. The number of hydrogen-bond acceptors (Lipinski definition) is 8. The summed E-state index contributed by atoms with van der Waals surface area (Å²) in [5.74, 6) is -1.71. The van der Waals surface area contributed by atoms with Crippen molar-refractivity contribution in [1.29, 1.82) is 0 Å². The van der Waals surface area contributed by atoms with Crippen LogP contribution in [0.15, 0.2) is 48.5 Å². The highest BCUT2D eigenvalue weighted by atomic mass is 32.2. The lowest BCUT2D eigenvalue weighted by molar-refractivity contribution is -0.143. The summed E-state index contributed by atoms with van der Waals surface area (Å²) in [7, 11) is -3.65. The number of rotatable bonds is 7. The van der Waals surface area contributed by atoms with Gasteiger partial charge in [-0.05, 0) is 23.3 Å². The van der Waals surface area contributed by atoms with Gasteiger partial charge in [-0.2, -0.15) is 8.42 Å². The standard InChI is InChI=1S/C24H27FN2O7S/c1-35(30,31)33-16-19-14-20(23(28)34-19)18-7-8-22(21(25)13-18)26-9-11-27(12-10-26)24(29)32-15-17-5-3-2-4-6-17/h2-8,13,19-20H,9-12,14-16H2,1H3. The van der Waals surface area contributed by atoms with Crippen LogP contribution in [0.4, 0.5) is 14.9 Å². The zero-order valence-corrected chi connectivity index (χ0v) is 20.1. The van der Waals surface area contributed by atoms with Gasteiger partial charge in [-0.3, -0.25) is 8.98 Å². The van der Waals surface area contributed by atoms with Crippen LogP contribution < -0.4 is 4.90 Å². The summed E-state index contributed by atoms with van der Waals surface area (Å²) in [6, 6.07) is 14.0. The number of nitrogens with zero attached hydrogens (tertiary/aromatic N) is 2. The number of anilines is 1. The molecule has 0 radical (unpaired) electrons. The molecule has 2 unspecified atom stereocenters. The molecule has 0 bridgehead atoms. The molecule has 0 aliphatic carbocycles. The predicted octanol–water partition coefficient (Wildman–Crippen LogP) is 2.66. The molecular formula is C24H27FN2O7S. The van der Waals surface area contributed by atoms with E-state index in [1.807, 2.05) is 35.2 Å². The van der Waals surface area contributed by atoms with E-state index in [4.69, 9.17) is 13.7 Å². The molecule has 0 N–H and O–H groups in total. The lowest BCUT2D eigenvalue weighted by atomic mass is 9.95. The van der Waals surface area contributed by atoms with Crippen LogP contribution in [-0.2, 0) is 35.2 Å². The zero-order valence-electron chi connectivity index (χ0n) is 19.3. The van der Waals surface area contributed by atoms with Crippen molar-refractivity contribution in [2.75, 3.05) is 43.9 Å². The molecule has 35 heavy (non-hydrogen) atoms. The number of halogens is 1. The van der Waals surface area contributed by atoms with Gasteiger partial charge < -0.3 is 19.3 Å². The first-order valence-corrected chi connectivity index (χ1v) is 13.1. The van der Waals surface area contributed by atoms with Crippen LogP contribution in [-0.4, -0.2) is 70.5 Å². The van der Waals surface area contributed by atoms with Gasteiger partial charge in [-0.1, -0.05) is 36.4 Å². The van der Waals surface area contributed by atoms with Gasteiger partial charge in [-0.25, -0.2) is 9.18 Å². The summed E-state index contributed by atoms with van der Waals surface area (Å²) >= 11 is 0. The van der Waals surface area contributed by atoms with Gasteiger partial charge in [0.1, 0.15) is 25.1 Å².